The zero-order valence-electron chi connectivity index (χ0n) is 4.78. The molecule has 0 aromatic carbocycles. The van der Waals surface area contributed by atoms with Crippen LogP contribution in [0.1, 0.15) is 19.3 Å². The van der Waals surface area contributed by atoms with Crippen molar-refractivity contribution < 1.29 is 0 Å². The minimum absolute atomic E-state index is 0.695. The minimum atomic E-state index is 0.695. The Balaban J connectivity index is 2.97. The van der Waals surface area contributed by atoms with Gasteiger partial charge in [0.1, 0.15) is 0 Å². The Morgan fingerprint density at radius 2 is 2.38 bits per heavy atom. The van der Waals surface area contributed by atoms with Crippen molar-refractivity contribution in [3.63, 3.8) is 0 Å². The van der Waals surface area contributed by atoms with Gasteiger partial charge < -0.3 is 0 Å². The van der Waals surface area contributed by atoms with Crippen molar-refractivity contribution in [1.29, 1.82) is 0 Å². The molecular formula is C7H9Cl. The van der Waals surface area contributed by atoms with Crippen molar-refractivity contribution in [2.45, 2.75) is 19.3 Å². The molecule has 0 amide bonds. The summed E-state index contributed by atoms with van der Waals surface area (Å²) in [6.07, 6.45) is 7.59. The van der Waals surface area contributed by atoms with Crippen LogP contribution in [0.3, 0.4) is 0 Å². The van der Waals surface area contributed by atoms with Gasteiger partial charge in [0, 0.05) is 11.5 Å². The fourth-order valence-corrected chi connectivity index (χ4v) is 0.516. The van der Waals surface area contributed by atoms with E-state index in [9.17, 15) is 0 Å². The molecule has 0 rings (SSSR count). The number of hydrogen-bond donors (Lipinski definition) is 0. The van der Waals surface area contributed by atoms with E-state index >= 15 is 0 Å². The number of rotatable bonds is 3. The van der Waals surface area contributed by atoms with Gasteiger partial charge >= 0.3 is 0 Å². The summed E-state index contributed by atoms with van der Waals surface area (Å²) in [6.45, 7) is 3.52. The number of allylic oxidation sites excluding steroid dienone is 1. The highest BCUT2D eigenvalue weighted by Gasteiger charge is 1.85. The third-order valence-corrected chi connectivity index (χ3v) is 0.958. The molecule has 0 aliphatic rings. The Labute approximate surface area is 55.5 Å². The van der Waals surface area contributed by atoms with Crippen LogP contribution in [0.25, 0.3) is 0 Å². The Hall–Kier alpha value is -0.410. The van der Waals surface area contributed by atoms with Crippen LogP contribution in [0.2, 0.25) is 0 Å². The molecule has 0 aromatic heterocycles. The highest BCUT2D eigenvalue weighted by molar-refractivity contribution is 6.29. The summed E-state index contributed by atoms with van der Waals surface area (Å²) in [6, 6.07) is 0. The summed E-state index contributed by atoms with van der Waals surface area (Å²) < 4.78 is 0. The van der Waals surface area contributed by atoms with E-state index in [0.717, 1.165) is 19.3 Å². The lowest BCUT2D eigenvalue weighted by molar-refractivity contribution is 0.877. The van der Waals surface area contributed by atoms with E-state index in [1.54, 1.807) is 0 Å². The van der Waals surface area contributed by atoms with Gasteiger partial charge in [0.2, 0.25) is 0 Å². The van der Waals surface area contributed by atoms with Gasteiger partial charge in [0.25, 0.3) is 0 Å². The van der Waals surface area contributed by atoms with E-state index in [2.05, 4.69) is 12.5 Å². The predicted octanol–water partition coefficient (Wildman–Crippen LogP) is 2.54. The summed E-state index contributed by atoms with van der Waals surface area (Å²) in [7, 11) is 0. The summed E-state index contributed by atoms with van der Waals surface area (Å²) >= 11 is 5.45. The third-order valence-electron chi connectivity index (χ3n) is 0.769. The number of unbranched alkanes of at least 4 members (excludes halogenated alkanes) is 1. The van der Waals surface area contributed by atoms with Gasteiger partial charge in [0.05, 0.1) is 0 Å². The minimum Gasteiger partial charge on any atom is -0.120 e. The molecule has 0 aromatic rings. The molecule has 0 aliphatic carbocycles. The zero-order chi connectivity index (χ0) is 6.41. The maximum Gasteiger partial charge on any atom is 0.0109 e. The molecule has 0 saturated heterocycles. The Kier molecular flexibility index (Phi) is 4.50. The average molecular weight is 129 g/mol. The van der Waals surface area contributed by atoms with Crippen LogP contribution < -0.4 is 0 Å². The van der Waals surface area contributed by atoms with Crippen LogP contribution in [-0.2, 0) is 0 Å². The van der Waals surface area contributed by atoms with Crippen LogP contribution >= 0.6 is 11.6 Å². The lowest BCUT2D eigenvalue weighted by Crippen LogP contribution is -1.70. The molecule has 1 heteroatoms. The smallest absolute Gasteiger partial charge is 0.0109 e. The van der Waals surface area contributed by atoms with Crippen molar-refractivity contribution in [2.75, 3.05) is 0 Å². The van der Waals surface area contributed by atoms with E-state index in [-0.39, 0.29) is 0 Å². The van der Waals surface area contributed by atoms with E-state index in [4.69, 9.17) is 18.0 Å². The molecule has 8 heavy (non-hydrogen) atoms. The van der Waals surface area contributed by atoms with Crippen LogP contribution in [0.15, 0.2) is 11.6 Å². The molecule has 0 radical (unpaired) electrons. The van der Waals surface area contributed by atoms with Crippen LogP contribution in [0.5, 0.6) is 0 Å². The van der Waals surface area contributed by atoms with Crippen molar-refractivity contribution >= 4 is 11.6 Å². The molecular weight excluding hydrogens is 120 g/mol. The second-order valence-electron chi connectivity index (χ2n) is 1.57. The Morgan fingerprint density at radius 1 is 1.75 bits per heavy atom. The van der Waals surface area contributed by atoms with E-state index < -0.39 is 0 Å². The topological polar surface area (TPSA) is 0 Å². The first kappa shape index (κ1) is 7.59. The van der Waals surface area contributed by atoms with Crippen molar-refractivity contribution in [3.05, 3.63) is 11.6 Å². The average Bonchev–Trinajstić information content (AvgIpc) is 1.66. The normalized spacial score (nSPS) is 8.00. The highest BCUT2D eigenvalue weighted by Crippen LogP contribution is 2.07. The molecule has 0 fully saturated rings. The van der Waals surface area contributed by atoms with Crippen molar-refractivity contribution in [3.8, 4) is 12.3 Å². The summed E-state index contributed by atoms with van der Waals surface area (Å²) in [5.41, 5.74) is 0. The van der Waals surface area contributed by atoms with Gasteiger partial charge in [-0.3, -0.25) is 0 Å². The molecule has 0 unspecified atom stereocenters. The SMILES string of the molecule is C#CCCCC(=C)Cl. The highest BCUT2D eigenvalue weighted by atomic mass is 35.5. The van der Waals surface area contributed by atoms with Crippen molar-refractivity contribution in [2.24, 2.45) is 0 Å². The number of terminal acetylenes is 1. The van der Waals surface area contributed by atoms with E-state index in [0.29, 0.717) is 5.03 Å². The van der Waals surface area contributed by atoms with Gasteiger partial charge in [-0.15, -0.1) is 12.3 Å². The number of halogens is 1. The molecule has 44 valence electrons. The molecule has 0 aliphatic heterocycles. The lowest BCUT2D eigenvalue weighted by Gasteiger charge is -1.89. The molecule has 0 saturated carbocycles. The first-order valence-electron chi connectivity index (χ1n) is 2.54. The molecule has 0 nitrogen and oxygen atoms in total. The van der Waals surface area contributed by atoms with Gasteiger partial charge in [-0.2, -0.15) is 0 Å². The Bertz CT molecular complexity index is 108. The molecule has 0 N–H and O–H groups in total. The van der Waals surface area contributed by atoms with Crippen LogP contribution in [-0.4, -0.2) is 0 Å². The van der Waals surface area contributed by atoms with Gasteiger partial charge in [-0.05, 0) is 12.8 Å². The number of hydrogen-bond acceptors (Lipinski definition) is 0. The first-order chi connectivity index (χ1) is 3.77. The first-order valence-corrected chi connectivity index (χ1v) is 2.92. The molecule has 0 atom stereocenters. The maximum absolute atomic E-state index is 5.45. The van der Waals surface area contributed by atoms with Gasteiger partial charge in [0.15, 0.2) is 0 Å². The van der Waals surface area contributed by atoms with Crippen LogP contribution in [0.4, 0.5) is 0 Å². The Morgan fingerprint density at radius 3 is 2.75 bits per heavy atom. The fraction of sp³-hybridized carbons (Fsp3) is 0.429. The van der Waals surface area contributed by atoms with Crippen molar-refractivity contribution in [1.82, 2.24) is 0 Å². The fourth-order valence-electron chi connectivity index (χ4n) is 0.382. The third kappa shape index (κ3) is 5.59. The summed E-state index contributed by atoms with van der Waals surface area (Å²) in [5.74, 6) is 2.52. The standard InChI is InChI=1S/C7H9Cl/c1-3-4-5-6-7(2)8/h1H,2,4-6H2. The maximum atomic E-state index is 5.45. The molecule has 0 spiro atoms. The zero-order valence-corrected chi connectivity index (χ0v) is 5.54. The van der Waals surface area contributed by atoms with Gasteiger partial charge in [-0.1, -0.05) is 18.2 Å². The lowest BCUT2D eigenvalue weighted by atomic mass is 10.2. The summed E-state index contributed by atoms with van der Waals surface area (Å²) in [4.78, 5) is 0. The van der Waals surface area contributed by atoms with E-state index in [1.807, 2.05) is 0 Å². The largest absolute Gasteiger partial charge is 0.120 e. The second-order valence-corrected chi connectivity index (χ2v) is 2.11. The quantitative estimate of drug-likeness (QED) is 0.405. The molecule has 0 heterocycles. The van der Waals surface area contributed by atoms with Crippen LogP contribution in [0, 0.1) is 12.3 Å². The molecule has 0 bridgehead atoms. The van der Waals surface area contributed by atoms with E-state index in [1.165, 1.54) is 0 Å². The van der Waals surface area contributed by atoms with Gasteiger partial charge in [-0.25, -0.2) is 0 Å². The second kappa shape index (κ2) is 4.74. The monoisotopic (exact) mass is 128 g/mol. The summed E-state index contributed by atoms with van der Waals surface area (Å²) in [5, 5.41) is 0.695. The predicted molar refractivity (Wildman–Crippen MR) is 37.7 cm³/mol.